The molecule has 0 saturated heterocycles. The molecule has 2 amide bonds. The molecule has 2 aromatic carbocycles. The van der Waals surface area contributed by atoms with E-state index in [4.69, 9.17) is 0 Å². The molecule has 0 spiro atoms. The Hall–Kier alpha value is -2.69. The molecule has 138 valence electrons. The van der Waals surface area contributed by atoms with Crippen LogP contribution >= 0.6 is 0 Å². The van der Waals surface area contributed by atoms with E-state index in [0.29, 0.717) is 5.56 Å². The van der Waals surface area contributed by atoms with Gasteiger partial charge in [-0.2, -0.15) is 0 Å². The summed E-state index contributed by atoms with van der Waals surface area (Å²) in [6.07, 6.45) is 0. The maximum atomic E-state index is 13.7. The standard InChI is InChI=1S/C21H25FN2O2/c1-14(2)18-10-7-8-15(3)21(18)24(16(4)25)13-20(26)23-12-17-9-5-6-11-19(17)22/h5-11,14H,12-13H2,1-4H3,(H,23,26). The number of carbonyl (C=O) groups is 2. The zero-order valence-electron chi connectivity index (χ0n) is 15.7. The van der Waals surface area contributed by atoms with Gasteiger partial charge in [0.05, 0.1) is 5.69 Å². The number of nitrogens with zero attached hydrogens (tertiary/aromatic N) is 1. The van der Waals surface area contributed by atoms with Crippen molar-refractivity contribution in [3.63, 3.8) is 0 Å². The molecule has 0 atom stereocenters. The van der Waals surface area contributed by atoms with E-state index in [1.54, 1.807) is 18.2 Å². The number of hydrogen-bond acceptors (Lipinski definition) is 2. The van der Waals surface area contributed by atoms with Crippen LogP contribution in [0.25, 0.3) is 0 Å². The largest absolute Gasteiger partial charge is 0.350 e. The predicted molar refractivity (Wildman–Crippen MR) is 102 cm³/mol. The maximum absolute atomic E-state index is 13.7. The monoisotopic (exact) mass is 356 g/mol. The van der Waals surface area contributed by atoms with Gasteiger partial charge < -0.3 is 10.2 Å². The van der Waals surface area contributed by atoms with E-state index in [9.17, 15) is 14.0 Å². The Balaban J connectivity index is 2.18. The van der Waals surface area contributed by atoms with Gasteiger partial charge in [-0.05, 0) is 30.0 Å². The van der Waals surface area contributed by atoms with Crippen molar-refractivity contribution >= 4 is 17.5 Å². The minimum Gasteiger partial charge on any atom is -0.350 e. The van der Waals surface area contributed by atoms with Crippen LogP contribution in [0.2, 0.25) is 0 Å². The molecule has 0 unspecified atom stereocenters. The number of amides is 2. The molecular weight excluding hydrogens is 331 g/mol. The molecule has 0 aliphatic rings. The first kappa shape index (κ1) is 19.6. The van der Waals surface area contributed by atoms with Gasteiger partial charge in [0.25, 0.3) is 0 Å². The summed E-state index contributed by atoms with van der Waals surface area (Å²) in [7, 11) is 0. The molecule has 0 bridgehead atoms. The van der Waals surface area contributed by atoms with Gasteiger partial charge in [0, 0.05) is 19.0 Å². The zero-order chi connectivity index (χ0) is 19.3. The van der Waals surface area contributed by atoms with Crippen LogP contribution < -0.4 is 10.2 Å². The molecule has 1 N–H and O–H groups in total. The normalized spacial score (nSPS) is 10.7. The summed E-state index contributed by atoms with van der Waals surface area (Å²) < 4.78 is 13.7. The number of para-hydroxylation sites is 1. The summed E-state index contributed by atoms with van der Waals surface area (Å²) in [6.45, 7) is 7.45. The number of hydrogen-bond donors (Lipinski definition) is 1. The quantitative estimate of drug-likeness (QED) is 0.853. The minimum absolute atomic E-state index is 0.0854. The van der Waals surface area contributed by atoms with Gasteiger partial charge in [0.15, 0.2) is 0 Å². The van der Waals surface area contributed by atoms with Gasteiger partial charge in [-0.1, -0.05) is 50.2 Å². The van der Waals surface area contributed by atoms with Crippen LogP contribution in [0.5, 0.6) is 0 Å². The Morgan fingerprint density at radius 3 is 2.42 bits per heavy atom. The average molecular weight is 356 g/mol. The van der Waals surface area contributed by atoms with Crippen molar-refractivity contribution in [1.82, 2.24) is 5.32 Å². The molecule has 0 radical (unpaired) electrons. The fraction of sp³-hybridized carbons (Fsp3) is 0.333. The number of halogens is 1. The number of rotatable bonds is 6. The number of nitrogens with one attached hydrogen (secondary N) is 1. The van der Waals surface area contributed by atoms with E-state index in [-0.39, 0.29) is 36.6 Å². The van der Waals surface area contributed by atoms with Crippen molar-refractivity contribution in [2.24, 2.45) is 0 Å². The van der Waals surface area contributed by atoms with Crippen molar-refractivity contribution in [2.75, 3.05) is 11.4 Å². The molecule has 4 nitrogen and oxygen atoms in total. The van der Waals surface area contributed by atoms with Gasteiger partial charge in [0.2, 0.25) is 11.8 Å². The minimum atomic E-state index is -0.364. The lowest BCUT2D eigenvalue weighted by atomic mass is 9.97. The summed E-state index contributed by atoms with van der Waals surface area (Å²) in [4.78, 5) is 26.1. The topological polar surface area (TPSA) is 49.4 Å². The van der Waals surface area contributed by atoms with Crippen LogP contribution in [-0.4, -0.2) is 18.4 Å². The van der Waals surface area contributed by atoms with E-state index in [2.05, 4.69) is 19.2 Å². The lowest BCUT2D eigenvalue weighted by Gasteiger charge is -2.27. The van der Waals surface area contributed by atoms with Crippen LogP contribution in [-0.2, 0) is 16.1 Å². The summed E-state index contributed by atoms with van der Waals surface area (Å²) in [6, 6.07) is 12.1. The second-order valence-electron chi connectivity index (χ2n) is 6.64. The fourth-order valence-electron chi connectivity index (χ4n) is 2.90. The fourth-order valence-corrected chi connectivity index (χ4v) is 2.90. The van der Waals surface area contributed by atoms with Crippen molar-refractivity contribution in [3.05, 3.63) is 65.0 Å². The highest BCUT2D eigenvalue weighted by Gasteiger charge is 2.21. The zero-order valence-corrected chi connectivity index (χ0v) is 15.7. The van der Waals surface area contributed by atoms with Crippen LogP contribution in [0.4, 0.5) is 10.1 Å². The Morgan fingerprint density at radius 1 is 1.12 bits per heavy atom. The molecule has 0 heterocycles. The third-order valence-electron chi connectivity index (χ3n) is 4.28. The van der Waals surface area contributed by atoms with E-state index in [0.717, 1.165) is 16.8 Å². The Labute approximate surface area is 154 Å². The first-order valence-electron chi connectivity index (χ1n) is 8.69. The molecule has 0 saturated carbocycles. The average Bonchev–Trinajstić information content (AvgIpc) is 2.59. The van der Waals surface area contributed by atoms with Gasteiger partial charge in [0.1, 0.15) is 12.4 Å². The summed E-state index contributed by atoms with van der Waals surface area (Å²) >= 11 is 0. The first-order chi connectivity index (χ1) is 12.3. The van der Waals surface area contributed by atoms with Gasteiger partial charge in [-0.25, -0.2) is 4.39 Å². The predicted octanol–water partition coefficient (Wildman–Crippen LogP) is 3.93. The summed E-state index contributed by atoms with van der Waals surface area (Å²) in [5.41, 5.74) is 3.14. The third kappa shape index (κ3) is 4.69. The lowest BCUT2D eigenvalue weighted by Crippen LogP contribution is -2.40. The molecule has 26 heavy (non-hydrogen) atoms. The SMILES string of the molecule is CC(=O)N(CC(=O)NCc1ccccc1F)c1c(C)cccc1C(C)C. The highest BCUT2D eigenvalue weighted by Crippen LogP contribution is 2.31. The summed E-state index contributed by atoms with van der Waals surface area (Å²) in [5.74, 6) is -0.686. The van der Waals surface area contributed by atoms with Crippen molar-refractivity contribution in [1.29, 1.82) is 0 Å². The van der Waals surface area contributed by atoms with Gasteiger partial charge in [-0.3, -0.25) is 9.59 Å². The second kappa shape index (κ2) is 8.61. The number of benzene rings is 2. The lowest BCUT2D eigenvalue weighted by molar-refractivity contribution is -0.123. The van der Waals surface area contributed by atoms with Crippen LogP contribution in [0, 0.1) is 12.7 Å². The molecule has 5 heteroatoms. The molecule has 2 aromatic rings. The van der Waals surface area contributed by atoms with Crippen molar-refractivity contribution in [2.45, 2.75) is 40.2 Å². The van der Waals surface area contributed by atoms with E-state index < -0.39 is 0 Å². The highest BCUT2D eigenvalue weighted by atomic mass is 19.1. The number of anilines is 1. The first-order valence-corrected chi connectivity index (χ1v) is 8.69. The van der Waals surface area contributed by atoms with Gasteiger partial charge in [-0.15, -0.1) is 0 Å². The van der Waals surface area contributed by atoms with Crippen molar-refractivity contribution < 1.29 is 14.0 Å². The molecule has 0 fully saturated rings. The highest BCUT2D eigenvalue weighted by molar-refractivity contribution is 5.98. The molecule has 2 rings (SSSR count). The van der Waals surface area contributed by atoms with Gasteiger partial charge >= 0.3 is 0 Å². The Kier molecular flexibility index (Phi) is 6.50. The van der Waals surface area contributed by atoms with Crippen LogP contribution in [0.1, 0.15) is 43.4 Å². The van der Waals surface area contributed by atoms with Crippen LogP contribution in [0.3, 0.4) is 0 Å². The van der Waals surface area contributed by atoms with E-state index in [1.165, 1.54) is 17.9 Å². The molecule has 0 aliphatic carbocycles. The number of aryl methyl sites for hydroxylation is 1. The Morgan fingerprint density at radius 2 is 1.81 bits per heavy atom. The smallest absolute Gasteiger partial charge is 0.240 e. The third-order valence-corrected chi connectivity index (χ3v) is 4.28. The molecular formula is C21H25FN2O2. The van der Waals surface area contributed by atoms with Crippen LogP contribution in [0.15, 0.2) is 42.5 Å². The van der Waals surface area contributed by atoms with E-state index in [1.807, 2.05) is 25.1 Å². The second-order valence-corrected chi connectivity index (χ2v) is 6.64. The molecule has 0 aliphatic heterocycles. The number of carbonyl (C=O) groups excluding carboxylic acids is 2. The van der Waals surface area contributed by atoms with E-state index >= 15 is 0 Å². The Bertz CT molecular complexity index is 802. The maximum Gasteiger partial charge on any atom is 0.240 e. The van der Waals surface area contributed by atoms with Crippen molar-refractivity contribution in [3.8, 4) is 0 Å². The molecule has 0 aromatic heterocycles. The summed E-state index contributed by atoms with van der Waals surface area (Å²) in [5, 5.41) is 2.69.